The first-order valence-electron chi connectivity index (χ1n) is 5.70. The lowest BCUT2D eigenvalue weighted by molar-refractivity contribution is -0.151. The Morgan fingerprint density at radius 2 is 2.00 bits per heavy atom. The second-order valence-corrected chi connectivity index (χ2v) is 3.98. The van der Waals surface area contributed by atoms with E-state index in [1.54, 1.807) is 6.92 Å². The van der Waals surface area contributed by atoms with Crippen LogP contribution in [0.4, 0.5) is 0 Å². The Morgan fingerprint density at radius 1 is 1.33 bits per heavy atom. The summed E-state index contributed by atoms with van der Waals surface area (Å²) >= 11 is 0. The van der Waals surface area contributed by atoms with E-state index >= 15 is 0 Å². The molecule has 0 aliphatic carbocycles. The molecule has 6 heteroatoms. The first kappa shape index (κ1) is 16.6. The zero-order valence-electron chi connectivity index (χ0n) is 10.6. The summed E-state index contributed by atoms with van der Waals surface area (Å²) < 4.78 is 10.2. The topological polar surface area (TPSA) is 93.1 Å². The van der Waals surface area contributed by atoms with Crippen LogP contribution in [0.5, 0.6) is 0 Å². The Morgan fingerprint density at radius 3 is 2.50 bits per heavy atom. The first-order valence-corrected chi connectivity index (χ1v) is 5.70. The van der Waals surface area contributed by atoms with Crippen LogP contribution in [-0.4, -0.2) is 48.1 Å². The smallest absolute Gasteiger partial charge is 0.306 e. The second-order valence-electron chi connectivity index (χ2n) is 3.98. The molecule has 18 heavy (non-hydrogen) atoms. The summed E-state index contributed by atoms with van der Waals surface area (Å²) in [4.78, 5) is 21.4. The van der Waals surface area contributed by atoms with Crippen LogP contribution < -0.4 is 0 Å². The normalized spacial score (nSPS) is 11.9. The van der Waals surface area contributed by atoms with Gasteiger partial charge in [-0.1, -0.05) is 12.2 Å². The molecular formula is C12H20O6. The maximum Gasteiger partial charge on any atom is 0.306 e. The molecule has 104 valence electrons. The molecule has 2 N–H and O–H groups in total. The van der Waals surface area contributed by atoms with Crippen LogP contribution in [0.25, 0.3) is 0 Å². The molecule has 0 saturated carbocycles. The molecule has 6 nitrogen and oxygen atoms in total. The number of carboxylic acids is 1. The van der Waals surface area contributed by atoms with E-state index in [0.29, 0.717) is 13.0 Å². The molecule has 0 spiro atoms. The molecule has 1 atom stereocenters. The number of rotatable bonds is 10. The lowest BCUT2D eigenvalue weighted by Crippen LogP contribution is -2.24. The maximum absolute atomic E-state index is 11.2. The fourth-order valence-corrected chi connectivity index (χ4v) is 1.09. The average molecular weight is 260 g/mol. The van der Waals surface area contributed by atoms with Gasteiger partial charge in [0.1, 0.15) is 6.61 Å². The number of hydrogen-bond acceptors (Lipinski definition) is 5. The third-order valence-electron chi connectivity index (χ3n) is 1.99. The predicted molar refractivity (Wildman–Crippen MR) is 64.1 cm³/mol. The van der Waals surface area contributed by atoms with Crippen LogP contribution in [0.1, 0.15) is 26.2 Å². The number of hydrogen-bond donors (Lipinski definition) is 2. The summed E-state index contributed by atoms with van der Waals surface area (Å²) in [5, 5.41) is 17.2. The fourth-order valence-electron chi connectivity index (χ4n) is 1.09. The third-order valence-corrected chi connectivity index (χ3v) is 1.99. The van der Waals surface area contributed by atoms with Crippen LogP contribution in [-0.2, 0) is 19.1 Å². The molecule has 0 saturated heterocycles. The van der Waals surface area contributed by atoms with Gasteiger partial charge in [-0.05, 0) is 6.92 Å². The molecular weight excluding hydrogens is 240 g/mol. The van der Waals surface area contributed by atoms with Crippen LogP contribution in [0.15, 0.2) is 12.2 Å². The zero-order valence-corrected chi connectivity index (χ0v) is 10.6. The van der Waals surface area contributed by atoms with E-state index in [9.17, 15) is 9.59 Å². The number of aliphatic hydroxyl groups is 1. The Labute approximate surface area is 106 Å². The lowest BCUT2D eigenvalue weighted by atomic mass is 10.2. The van der Waals surface area contributed by atoms with Crippen molar-refractivity contribution in [3.05, 3.63) is 12.2 Å². The van der Waals surface area contributed by atoms with Crippen molar-refractivity contribution in [2.45, 2.75) is 32.3 Å². The van der Waals surface area contributed by atoms with Crippen molar-refractivity contribution in [2.24, 2.45) is 0 Å². The Bertz CT molecular complexity index is 286. The molecule has 0 aromatic rings. The quantitative estimate of drug-likeness (QED) is 0.444. The fraction of sp³-hybridized carbons (Fsp3) is 0.667. The summed E-state index contributed by atoms with van der Waals surface area (Å²) in [6.07, 6.45) is -0.474. The molecule has 0 fully saturated rings. The summed E-state index contributed by atoms with van der Waals surface area (Å²) in [5.74, 6) is -1.63. The van der Waals surface area contributed by atoms with Gasteiger partial charge < -0.3 is 19.7 Å². The van der Waals surface area contributed by atoms with E-state index in [4.69, 9.17) is 19.7 Å². The van der Waals surface area contributed by atoms with E-state index < -0.39 is 18.0 Å². The largest absolute Gasteiger partial charge is 0.481 e. The van der Waals surface area contributed by atoms with E-state index in [1.807, 2.05) is 0 Å². The number of carbonyl (C=O) groups is 2. The molecule has 0 bridgehead atoms. The second kappa shape index (κ2) is 9.61. The summed E-state index contributed by atoms with van der Waals surface area (Å²) in [5.41, 5.74) is 0.829. The van der Waals surface area contributed by atoms with E-state index in [1.165, 1.54) is 0 Å². The molecule has 0 aliphatic heterocycles. The molecule has 0 rings (SSSR count). The predicted octanol–water partition coefficient (Wildman–Crippen LogP) is 0.738. The van der Waals surface area contributed by atoms with Gasteiger partial charge in [0, 0.05) is 13.0 Å². The summed E-state index contributed by atoms with van der Waals surface area (Å²) in [6, 6.07) is 0. The van der Waals surface area contributed by atoms with Crippen molar-refractivity contribution in [2.75, 3.05) is 19.8 Å². The number of aliphatic hydroxyl groups excluding tert-OH is 1. The summed E-state index contributed by atoms with van der Waals surface area (Å²) in [7, 11) is 0. The molecule has 1 unspecified atom stereocenters. The van der Waals surface area contributed by atoms with Gasteiger partial charge >= 0.3 is 11.9 Å². The highest BCUT2D eigenvalue weighted by Crippen LogP contribution is 2.03. The van der Waals surface area contributed by atoms with Crippen molar-refractivity contribution in [1.29, 1.82) is 0 Å². The number of carbonyl (C=O) groups excluding carboxylic acids is 1. The highest BCUT2D eigenvalue weighted by atomic mass is 16.6. The van der Waals surface area contributed by atoms with Crippen molar-refractivity contribution in [1.82, 2.24) is 0 Å². The standard InChI is InChI=1S/C12H20O6/c1-9(2)7-17-10(5-6-13)8-18-12(16)4-3-11(14)15/h10,13H,1,3-8H2,2H3,(H,14,15). The monoisotopic (exact) mass is 260 g/mol. The van der Waals surface area contributed by atoms with Gasteiger partial charge in [-0.2, -0.15) is 0 Å². The van der Waals surface area contributed by atoms with Gasteiger partial charge in [0.05, 0.1) is 25.6 Å². The highest BCUT2D eigenvalue weighted by Gasteiger charge is 2.13. The van der Waals surface area contributed by atoms with Crippen LogP contribution in [0, 0.1) is 0 Å². The Balaban J connectivity index is 3.90. The van der Waals surface area contributed by atoms with Crippen molar-refractivity contribution in [3.63, 3.8) is 0 Å². The molecule has 0 heterocycles. The number of carboxylic acid groups (broad SMARTS) is 1. The van der Waals surface area contributed by atoms with Crippen LogP contribution >= 0.6 is 0 Å². The lowest BCUT2D eigenvalue weighted by Gasteiger charge is -2.17. The number of ether oxygens (including phenoxy) is 2. The summed E-state index contributed by atoms with van der Waals surface area (Å²) in [6.45, 7) is 5.73. The van der Waals surface area contributed by atoms with Gasteiger partial charge in [-0.15, -0.1) is 0 Å². The third kappa shape index (κ3) is 9.80. The average Bonchev–Trinajstić information content (AvgIpc) is 2.29. The molecule has 0 amide bonds. The number of aliphatic carboxylic acids is 1. The van der Waals surface area contributed by atoms with Gasteiger partial charge in [-0.3, -0.25) is 9.59 Å². The first-order chi connectivity index (χ1) is 8.45. The van der Waals surface area contributed by atoms with Crippen LogP contribution in [0.2, 0.25) is 0 Å². The minimum absolute atomic E-state index is 0.00624. The molecule has 0 aromatic heterocycles. The molecule has 0 aliphatic rings. The highest BCUT2D eigenvalue weighted by molar-refractivity contribution is 5.76. The Hall–Kier alpha value is -1.40. The van der Waals surface area contributed by atoms with Crippen LogP contribution in [0.3, 0.4) is 0 Å². The van der Waals surface area contributed by atoms with Gasteiger partial charge in [0.2, 0.25) is 0 Å². The van der Waals surface area contributed by atoms with Crippen molar-refractivity contribution >= 4 is 11.9 Å². The number of esters is 1. The SMILES string of the molecule is C=C(C)COC(CCO)COC(=O)CCC(=O)O. The maximum atomic E-state index is 11.2. The van der Waals surface area contributed by atoms with E-state index in [-0.39, 0.29) is 26.1 Å². The molecule has 0 radical (unpaired) electrons. The zero-order chi connectivity index (χ0) is 14.0. The minimum Gasteiger partial charge on any atom is -0.481 e. The van der Waals surface area contributed by atoms with Crippen molar-refractivity contribution < 1.29 is 29.3 Å². The van der Waals surface area contributed by atoms with E-state index in [0.717, 1.165) is 5.57 Å². The van der Waals surface area contributed by atoms with E-state index in [2.05, 4.69) is 6.58 Å². The Kier molecular flexibility index (Phi) is 8.86. The molecule has 0 aromatic carbocycles. The van der Waals surface area contributed by atoms with Gasteiger partial charge in [0.25, 0.3) is 0 Å². The van der Waals surface area contributed by atoms with Gasteiger partial charge in [-0.25, -0.2) is 0 Å². The van der Waals surface area contributed by atoms with Crippen molar-refractivity contribution in [3.8, 4) is 0 Å². The minimum atomic E-state index is -1.04. The van der Waals surface area contributed by atoms with Gasteiger partial charge in [0.15, 0.2) is 0 Å².